The number of rotatable bonds is 8. The fourth-order valence-corrected chi connectivity index (χ4v) is 1.69. The Morgan fingerprint density at radius 2 is 1.67 bits per heavy atom. The molecule has 0 fully saturated rings. The first-order valence-electron chi connectivity index (χ1n) is 7.09. The summed E-state index contributed by atoms with van der Waals surface area (Å²) in [6, 6.07) is 7.94. The van der Waals surface area contributed by atoms with Crippen LogP contribution in [0.25, 0.3) is 0 Å². The molecule has 0 amide bonds. The van der Waals surface area contributed by atoms with E-state index in [-0.39, 0.29) is 6.10 Å². The van der Waals surface area contributed by atoms with E-state index in [1.807, 2.05) is 24.3 Å². The van der Waals surface area contributed by atoms with Gasteiger partial charge in [-0.1, -0.05) is 39.7 Å². The molecular formula is C16H26O2. The van der Waals surface area contributed by atoms with Crippen LogP contribution in [0.4, 0.5) is 0 Å². The summed E-state index contributed by atoms with van der Waals surface area (Å²) in [5.74, 6) is 2.44. The molecule has 2 nitrogen and oxygen atoms in total. The van der Waals surface area contributed by atoms with Gasteiger partial charge in [-0.25, -0.2) is 0 Å². The molecule has 102 valence electrons. The maximum Gasteiger partial charge on any atom is 0.123 e. The Morgan fingerprint density at radius 3 is 2.28 bits per heavy atom. The normalized spacial score (nSPS) is 12.5. The van der Waals surface area contributed by atoms with Crippen molar-refractivity contribution in [2.24, 2.45) is 5.92 Å². The van der Waals surface area contributed by atoms with Crippen molar-refractivity contribution in [1.82, 2.24) is 0 Å². The average molecular weight is 250 g/mol. The highest BCUT2D eigenvalue weighted by molar-refractivity contribution is 5.33. The van der Waals surface area contributed by atoms with Crippen molar-refractivity contribution < 1.29 is 9.47 Å². The minimum Gasteiger partial charge on any atom is -0.493 e. The molecule has 0 saturated carbocycles. The van der Waals surface area contributed by atoms with Gasteiger partial charge in [0.1, 0.15) is 11.5 Å². The SMILES string of the molecule is CCC(CC)COc1cccc(O[C@H](C)CC)c1. The molecule has 1 aromatic carbocycles. The van der Waals surface area contributed by atoms with E-state index in [1.54, 1.807) is 0 Å². The van der Waals surface area contributed by atoms with Gasteiger partial charge < -0.3 is 9.47 Å². The zero-order valence-electron chi connectivity index (χ0n) is 12.1. The monoisotopic (exact) mass is 250 g/mol. The number of hydrogen-bond acceptors (Lipinski definition) is 2. The summed E-state index contributed by atoms with van der Waals surface area (Å²) in [5.41, 5.74) is 0. The van der Waals surface area contributed by atoms with Crippen molar-refractivity contribution in [3.05, 3.63) is 24.3 Å². The first-order chi connectivity index (χ1) is 8.69. The Labute approximate surface area is 111 Å². The Balaban J connectivity index is 2.53. The highest BCUT2D eigenvalue weighted by Crippen LogP contribution is 2.22. The lowest BCUT2D eigenvalue weighted by Gasteiger charge is -2.16. The van der Waals surface area contributed by atoms with Crippen molar-refractivity contribution in [3.63, 3.8) is 0 Å². The lowest BCUT2D eigenvalue weighted by molar-refractivity contribution is 0.212. The van der Waals surface area contributed by atoms with E-state index >= 15 is 0 Å². The smallest absolute Gasteiger partial charge is 0.123 e. The van der Waals surface area contributed by atoms with Crippen molar-refractivity contribution in [2.75, 3.05) is 6.61 Å². The largest absolute Gasteiger partial charge is 0.493 e. The minimum atomic E-state index is 0.249. The summed E-state index contributed by atoms with van der Waals surface area (Å²) in [7, 11) is 0. The number of benzene rings is 1. The second kappa shape index (κ2) is 8.02. The molecule has 1 rings (SSSR count). The van der Waals surface area contributed by atoms with Crippen LogP contribution in [0.15, 0.2) is 24.3 Å². The Bertz CT molecular complexity index is 332. The van der Waals surface area contributed by atoms with Gasteiger partial charge in [0.15, 0.2) is 0 Å². The van der Waals surface area contributed by atoms with Crippen LogP contribution in [0, 0.1) is 5.92 Å². The van der Waals surface area contributed by atoms with E-state index in [0.717, 1.165) is 24.5 Å². The zero-order chi connectivity index (χ0) is 13.4. The molecule has 0 unspecified atom stereocenters. The molecule has 0 aliphatic rings. The lowest BCUT2D eigenvalue weighted by atomic mass is 10.1. The van der Waals surface area contributed by atoms with Gasteiger partial charge in [-0.05, 0) is 31.4 Å². The van der Waals surface area contributed by atoms with E-state index < -0.39 is 0 Å². The standard InChI is InChI=1S/C16H26O2/c1-5-13(4)18-16-10-8-9-15(11-16)17-12-14(6-2)7-3/h8-11,13-14H,5-7,12H2,1-4H3/t13-/m1/s1. The summed E-state index contributed by atoms with van der Waals surface area (Å²) in [6.45, 7) is 9.41. The van der Waals surface area contributed by atoms with Gasteiger partial charge in [-0.3, -0.25) is 0 Å². The maximum atomic E-state index is 5.83. The molecule has 0 N–H and O–H groups in total. The molecule has 1 aromatic rings. The van der Waals surface area contributed by atoms with Gasteiger partial charge >= 0.3 is 0 Å². The average Bonchev–Trinajstić information content (AvgIpc) is 2.40. The first-order valence-corrected chi connectivity index (χ1v) is 7.09. The highest BCUT2D eigenvalue weighted by Gasteiger charge is 2.06. The van der Waals surface area contributed by atoms with Gasteiger partial charge in [-0.2, -0.15) is 0 Å². The van der Waals surface area contributed by atoms with Crippen molar-refractivity contribution in [3.8, 4) is 11.5 Å². The predicted molar refractivity (Wildman–Crippen MR) is 76.4 cm³/mol. The van der Waals surface area contributed by atoms with Gasteiger partial charge in [0.2, 0.25) is 0 Å². The van der Waals surface area contributed by atoms with Crippen LogP contribution in [0.5, 0.6) is 11.5 Å². The minimum absolute atomic E-state index is 0.249. The van der Waals surface area contributed by atoms with Gasteiger partial charge in [0, 0.05) is 6.07 Å². The van der Waals surface area contributed by atoms with Crippen LogP contribution in [0.1, 0.15) is 47.0 Å². The summed E-state index contributed by atoms with van der Waals surface area (Å²) < 4.78 is 11.6. The molecule has 0 aliphatic carbocycles. The van der Waals surface area contributed by atoms with Crippen LogP contribution < -0.4 is 9.47 Å². The molecule has 0 bridgehead atoms. The predicted octanol–water partition coefficient (Wildman–Crippen LogP) is 4.68. The van der Waals surface area contributed by atoms with Gasteiger partial charge in [-0.15, -0.1) is 0 Å². The number of ether oxygens (including phenoxy) is 2. The van der Waals surface area contributed by atoms with Crippen LogP contribution in [0.3, 0.4) is 0 Å². The van der Waals surface area contributed by atoms with Crippen LogP contribution in [0.2, 0.25) is 0 Å². The van der Waals surface area contributed by atoms with E-state index in [9.17, 15) is 0 Å². The lowest BCUT2D eigenvalue weighted by Crippen LogP contribution is -2.11. The Hall–Kier alpha value is -1.18. The third-order valence-electron chi connectivity index (χ3n) is 3.36. The van der Waals surface area contributed by atoms with Crippen molar-refractivity contribution in [1.29, 1.82) is 0 Å². The molecule has 1 atom stereocenters. The maximum absolute atomic E-state index is 5.83. The quantitative estimate of drug-likeness (QED) is 0.667. The molecule has 0 radical (unpaired) electrons. The van der Waals surface area contributed by atoms with E-state index in [0.29, 0.717) is 5.92 Å². The highest BCUT2D eigenvalue weighted by atomic mass is 16.5. The third-order valence-corrected chi connectivity index (χ3v) is 3.36. The molecule has 0 aliphatic heterocycles. The summed E-state index contributed by atoms with van der Waals surface area (Å²) in [6.07, 6.45) is 3.59. The summed E-state index contributed by atoms with van der Waals surface area (Å²) >= 11 is 0. The molecule has 18 heavy (non-hydrogen) atoms. The van der Waals surface area contributed by atoms with Crippen molar-refractivity contribution in [2.45, 2.75) is 53.1 Å². The Kier molecular flexibility index (Phi) is 6.63. The molecule has 2 heteroatoms. The van der Waals surface area contributed by atoms with Crippen molar-refractivity contribution >= 4 is 0 Å². The van der Waals surface area contributed by atoms with Gasteiger partial charge in [0.05, 0.1) is 12.7 Å². The first kappa shape index (κ1) is 14.9. The second-order valence-corrected chi connectivity index (χ2v) is 4.81. The Morgan fingerprint density at radius 1 is 1.00 bits per heavy atom. The topological polar surface area (TPSA) is 18.5 Å². The fraction of sp³-hybridized carbons (Fsp3) is 0.625. The summed E-state index contributed by atoms with van der Waals surface area (Å²) in [5, 5.41) is 0. The van der Waals surface area contributed by atoms with Crippen LogP contribution >= 0.6 is 0 Å². The van der Waals surface area contributed by atoms with E-state index in [2.05, 4.69) is 27.7 Å². The molecule has 0 heterocycles. The summed E-state index contributed by atoms with van der Waals surface area (Å²) in [4.78, 5) is 0. The fourth-order valence-electron chi connectivity index (χ4n) is 1.69. The van der Waals surface area contributed by atoms with Gasteiger partial charge in [0.25, 0.3) is 0 Å². The van der Waals surface area contributed by atoms with E-state index in [1.165, 1.54) is 12.8 Å². The van der Waals surface area contributed by atoms with E-state index in [4.69, 9.17) is 9.47 Å². The number of hydrogen-bond donors (Lipinski definition) is 0. The second-order valence-electron chi connectivity index (χ2n) is 4.81. The van der Waals surface area contributed by atoms with Crippen LogP contribution in [-0.4, -0.2) is 12.7 Å². The molecule has 0 aromatic heterocycles. The van der Waals surface area contributed by atoms with Crippen LogP contribution in [-0.2, 0) is 0 Å². The molecule has 0 saturated heterocycles. The molecule has 0 spiro atoms. The zero-order valence-corrected chi connectivity index (χ0v) is 12.1. The third kappa shape index (κ3) is 4.99. The molecular weight excluding hydrogens is 224 g/mol.